The van der Waals surface area contributed by atoms with Gasteiger partial charge < -0.3 is 9.47 Å². The third-order valence-corrected chi connectivity index (χ3v) is 8.51. The Labute approximate surface area is 219 Å². The van der Waals surface area contributed by atoms with Crippen molar-refractivity contribution >= 4 is 51.2 Å². The summed E-state index contributed by atoms with van der Waals surface area (Å²) in [7, 11) is -2.62. The molecule has 1 heterocycles. The van der Waals surface area contributed by atoms with Crippen LogP contribution in [0.3, 0.4) is 0 Å². The molecule has 0 radical (unpaired) electrons. The number of hydrazone groups is 1. The van der Waals surface area contributed by atoms with Crippen molar-refractivity contribution in [2.75, 3.05) is 29.5 Å². The molecular formula is C25H24ClN3O5S2. The van der Waals surface area contributed by atoms with E-state index in [0.717, 1.165) is 27.1 Å². The Bertz CT molecular complexity index is 1350. The Morgan fingerprint density at radius 1 is 1.14 bits per heavy atom. The van der Waals surface area contributed by atoms with E-state index in [2.05, 4.69) is 10.5 Å². The number of nitrogens with zero attached hydrogens (tertiary/aromatic N) is 2. The highest BCUT2D eigenvalue weighted by Crippen LogP contribution is 2.32. The summed E-state index contributed by atoms with van der Waals surface area (Å²) in [6.45, 7) is -0.514. The maximum absolute atomic E-state index is 13.4. The molecule has 1 amide bonds. The number of carbonyl (C=O) groups is 1. The van der Waals surface area contributed by atoms with Gasteiger partial charge in [0, 0.05) is 11.5 Å². The minimum atomic E-state index is -4.07. The van der Waals surface area contributed by atoms with Gasteiger partial charge in [0.25, 0.3) is 15.9 Å². The Kier molecular flexibility index (Phi) is 8.40. The van der Waals surface area contributed by atoms with Gasteiger partial charge in [-0.2, -0.15) is 16.9 Å². The highest BCUT2D eigenvalue weighted by Gasteiger charge is 2.27. The van der Waals surface area contributed by atoms with Crippen LogP contribution in [0.4, 0.5) is 5.69 Å². The molecule has 0 spiro atoms. The van der Waals surface area contributed by atoms with Crippen LogP contribution in [-0.2, 0) is 14.8 Å². The summed E-state index contributed by atoms with van der Waals surface area (Å²) in [5, 5.41) is 4.20. The SMILES string of the molecule is COc1ccc(N(CC(=O)N/N=C\c2cccc(OC3CSC3)c2)S(=O)(=O)c2ccccc2)cc1Cl. The van der Waals surface area contributed by atoms with Crippen molar-refractivity contribution in [1.82, 2.24) is 5.43 Å². The summed E-state index contributed by atoms with van der Waals surface area (Å²) >= 11 is 8.07. The number of ether oxygens (including phenoxy) is 2. The number of hydrogen-bond acceptors (Lipinski definition) is 7. The van der Waals surface area contributed by atoms with E-state index >= 15 is 0 Å². The lowest BCUT2D eigenvalue weighted by molar-refractivity contribution is -0.119. The van der Waals surface area contributed by atoms with Gasteiger partial charge in [-0.05, 0) is 48.0 Å². The standard InChI is InChI=1S/C25H24ClN3O5S2/c1-33-24-11-10-19(13-23(24)26)29(36(31,32)22-8-3-2-4-9-22)15-25(30)28-27-14-18-6-5-7-20(12-18)34-21-16-35-17-21/h2-14,21H,15-17H2,1H3,(H,28,30)/b27-14-. The number of hydrogen-bond donors (Lipinski definition) is 1. The summed E-state index contributed by atoms with van der Waals surface area (Å²) in [4.78, 5) is 12.8. The molecule has 0 unspecified atom stereocenters. The summed E-state index contributed by atoms with van der Waals surface area (Å²) in [5.41, 5.74) is 3.34. The van der Waals surface area contributed by atoms with Crippen molar-refractivity contribution in [3.63, 3.8) is 0 Å². The first-order chi connectivity index (χ1) is 17.4. The molecule has 8 nitrogen and oxygen atoms in total. The molecule has 3 aromatic rings. The molecule has 0 saturated carbocycles. The minimum Gasteiger partial charge on any atom is -0.495 e. The zero-order chi connectivity index (χ0) is 25.5. The molecule has 188 valence electrons. The largest absolute Gasteiger partial charge is 0.495 e. The van der Waals surface area contributed by atoms with Crippen LogP contribution in [0.15, 0.2) is 82.8 Å². The van der Waals surface area contributed by atoms with Crippen molar-refractivity contribution in [1.29, 1.82) is 0 Å². The smallest absolute Gasteiger partial charge is 0.264 e. The fourth-order valence-electron chi connectivity index (χ4n) is 3.33. The zero-order valence-electron chi connectivity index (χ0n) is 19.3. The number of sulfonamides is 1. The number of thioether (sulfide) groups is 1. The maximum Gasteiger partial charge on any atom is 0.264 e. The van der Waals surface area contributed by atoms with Gasteiger partial charge in [-0.3, -0.25) is 9.10 Å². The van der Waals surface area contributed by atoms with Crippen molar-refractivity contribution in [3.05, 3.63) is 83.4 Å². The van der Waals surface area contributed by atoms with E-state index in [1.165, 1.54) is 37.6 Å². The third-order valence-electron chi connectivity index (χ3n) is 5.21. The normalized spacial score (nSPS) is 13.7. The van der Waals surface area contributed by atoms with Crippen LogP contribution in [-0.4, -0.2) is 51.8 Å². The van der Waals surface area contributed by atoms with Gasteiger partial charge in [-0.25, -0.2) is 13.8 Å². The predicted molar refractivity (Wildman–Crippen MR) is 143 cm³/mol. The first kappa shape index (κ1) is 25.9. The Balaban J connectivity index is 1.50. The van der Waals surface area contributed by atoms with Gasteiger partial charge in [0.05, 0.1) is 28.9 Å². The number of nitrogens with one attached hydrogen (secondary N) is 1. The highest BCUT2D eigenvalue weighted by molar-refractivity contribution is 8.00. The number of methoxy groups -OCH3 is 1. The second kappa shape index (κ2) is 11.7. The van der Waals surface area contributed by atoms with Gasteiger partial charge in [-0.1, -0.05) is 41.9 Å². The molecule has 3 aromatic carbocycles. The average Bonchev–Trinajstić information content (AvgIpc) is 2.85. The zero-order valence-corrected chi connectivity index (χ0v) is 21.7. The third kappa shape index (κ3) is 6.31. The van der Waals surface area contributed by atoms with Gasteiger partial charge in [-0.15, -0.1) is 0 Å². The van der Waals surface area contributed by atoms with E-state index in [0.29, 0.717) is 5.75 Å². The molecule has 1 saturated heterocycles. The second-order valence-electron chi connectivity index (χ2n) is 7.79. The molecule has 1 aliphatic rings. The van der Waals surface area contributed by atoms with Crippen molar-refractivity contribution in [3.8, 4) is 11.5 Å². The molecule has 0 aromatic heterocycles. The van der Waals surface area contributed by atoms with Crippen molar-refractivity contribution < 1.29 is 22.7 Å². The molecule has 1 N–H and O–H groups in total. The summed E-state index contributed by atoms with van der Waals surface area (Å²) < 4.78 is 38.8. The quantitative estimate of drug-likeness (QED) is 0.303. The summed E-state index contributed by atoms with van der Waals surface area (Å²) in [6, 6.07) is 19.7. The topological polar surface area (TPSA) is 97.3 Å². The van der Waals surface area contributed by atoms with E-state index in [1.807, 2.05) is 36.0 Å². The first-order valence-electron chi connectivity index (χ1n) is 10.9. The number of halogens is 1. The summed E-state index contributed by atoms with van der Waals surface area (Å²) in [5.74, 6) is 2.42. The molecule has 36 heavy (non-hydrogen) atoms. The van der Waals surface area contributed by atoms with Crippen LogP contribution in [0, 0.1) is 0 Å². The molecule has 1 fully saturated rings. The molecule has 0 aliphatic carbocycles. The number of amides is 1. The van der Waals surface area contributed by atoms with E-state index < -0.39 is 22.5 Å². The minimum absolute atomic E-state index is 0.0370. The van der Waals surface area contributed by atoms with Crippen LogP contribution >= 0.6 is 23.4 Å². The lowest BCUT2D eigenvalue weighted by atomic mass is 10.2. The second-order valence-corrected chi connectivity index (χ2v) is 11.1. The van der Waals surface area contributed by atoms with Crippen LogP contribution in [0.1, 0.15) is 5.56 Å². The van der Waals surface area contributed by atoms with E-state index in [9.17, 15) is 13.2 Å². The fraction of sp³-hybridized carbons (Fsp3) is 0.200. The Morgan fingerprint density at radius 2 is 1.92 bits per heavy atom. The Morgan fingerprint density at radius 3 is 2.58 bits per heavy atom. The number of rotatable bonds is 10. The number of benzene rings is 3. The first-order valence-corrected chi connectivity index (χ1v) is 13.9. The number of anilines is 1. The average molecular weight is 546 g/mol. The maximum atomic E-state index is 13.4. The lowest BCUT2D eigenvalue weighted by Crippen LogP contribution is -2.39. The number of carbonyl (C=O) groups excluding carboxylic acids is 1. The molecule has 0 atom stereocenters. The molecule has 1 aliphatic heterocycles. The Hall–Kier alpha value is -3.21. The fourth-order valence-corrected chi connectivity index (χ4v) is 5.58. The molecule has 0 bridgehead atoms. The van der Waals surface area contributed by atoms with E-state index in [4.69, 9.17) is 21.1 Å². The van der Waals surface area contributed by atoms with Gasteiger partial charge in [0.2, 0.25) is 0 Å². The molecular weight excluding hydrogens is 522 g/mol. The van der Waals surface area contributed by atoms with Crippen LogP contribution in [0.25, 0.3) is 0 Å². The monoisotopic (exact) mass is 545 g/mol. The molecule has 4 rings (SSSR count). The van der Waals surface area contributed by atoms with Crippen LogP contribution < -0.4 is 19.2 Å². The van der Waals surface area contributed by atoms with Crippen LogP contribution in [0.2, 0.25) is 5.02 Å². The van der Waals surface area contributed by atoms with Crippen molar-refractivity contribution in [2.24, 2.45) is 5.10 Å². The van der Waals surface area contributed by atoms with Gasteiger partial charge >= 0.3 is 0 Å². The predicted octanol–water partition coefficient (Wildman–Crippen LogP) is 4.19. The van der Waals surface area contributed by atoms with Gasteiger partial charge in [0.15, 0.2) is 0 Å². The molecule has 11 heteroatoms. The van der Waals surface area contributed by atoms with E-state index in [-0.39, 0.29) is 21.7 Å². The highest BCUT2D eigenvalue weighted by atomic mass is 35.5. The lowest BCUT2D eigenvalue weighted by Gasteiger charge is -2.25. The van der Waals surface area contributed by atoms with Gasteiger partial charge in [0.1, 0.15) is 24.1 Å². The van der Waals surface area contributed by atoms with Crippen LogP contribution in [0.5, 0.6) is 11.5 Å². The van der Waals surface area contributed by atoms with Crippen molar-refractivity contribution in [2.45, 2.75) is 11.0 Å². The summed E-state index contributed by atoms with van der Waals surface area (Å²) in [6.07, 6.45) is 1.69. The van der Waals surface area contributed by atoms with E-state index in [1.54, 1.807) is 24.3 Å².